The Morgan fingerprint density at radius 2 is 1.62 bits per heavy atom. The van der Waals surface area contributed by atoms with Crippen molar-refractivity contribution in [3.8, 4) is 0 Å². The van der Waals surface area contributed by atoms with Gasteiger partial charge in [-0.05, 0) is 28.3 Å². The Bertz CT molecular complexity index is 1720. The molecule has 2 fully saturated rings. The van der Waals surface area contributed by atoms with Gasteiger partial charge < -0.3 is 29.8 Å². The van der Waals surface area contributed by atoms with Crippen LogP contribution in [-0.4, -0.2) is 45.8 Å². The lowest BCUT2D eigenvalue weighted by atomic mass is 10.0. The average molecular weight is 670 g/mol. The van der Waals surface area contributed by atoms with E-state index in [1.54, 1.807) is 12.1 Å². The number of likely N-dealkylation sites (tertiary alicyclic amines) is 1. The number of aliphatic hydroxyl groups is 1. The number of amides is 3. The third-order valence-electron chi connectivity index (χ3n) is 8.16. The first kappa shape index (κ1) is 33.2. The average Bonchev–Trinajstić information content (AvgIpc) is 3.38. The van der Waals surface area contributed by atoms with Gasteiger partial charge in [-0.25, -0.2) is 4.79 Å². The largest absolute Gasteiger partial charge is 0.618 e. The molecule has 0 radical (unpaired) electrons. The molecule has 12 heteroatoms. The van der Waals surface area contributed by atoms with Crippen molar-refractivity contribution in [1.29, 1.82) is 0 Å². The van der Waals surface area contributed by atoms with Crippen LogP contribution in [0.4, 0.5) is 4.79 Å². The minimum Gasteiger partial charge on any atom is -0.618 e. The lowest BCUT2D eigenvalue weighted by Crippen LogP contribution is -2.41. The van der Waals surface area contributed by atoms with Gasteiger partial charge >= 0.3 is 6.09 Å². The van der Waals surface area contributed by atoms with Gasteiger partial charge in [-0.2, -0.15) is 4.73 Å². The lowest BCUT2D eigenvalue weighted by molar-refractivity contribution is -0.645. The van der Waals surface area contributed by atoms with Crippen LogP contribution in [0.15, 0.2) is 108 Å². The number of rotatable bonds is 11. The van der Waals surface area contributed by atoms with E-state index >= 15 is 0 Å². The molecule has 0 saturated carbocycles. The molecular weight excluding hydrogens is 634 g/mol. The van der Waals surface area contributed by atoms with Gasteiger partial charge in [0.25, 0.3) is 10.9 Å². The van der Waals surface area contributed by atoms with Gasteiger partial charge in [-0.3, -0.25) is 14.5 Å². The quantitative estimate of drug-likeness (QED) is 0.101. The van der Waals surface area contributed by atoms with E-state index in [4.69, 9.17) is 14.2 Å². The number of carbonyl (C=O) groups is 3. The van der Waals surface area contributed by atoms with E-state index in [-0.39, 0.29) is 44.3 Å². The van der Waals surface area contributed by atoms with Crippen LogP contribution in [0.2, 0.25) is 0 Å². The van der Waals surface area contributed by atoms with E-state index in [1.165, 1.54) is 18.0 Å². The SMILES string of the molecule is O=C(NC1CC(=O)N(Cc2ccc([C@@H]3O[C@H](CSc4cccc[n+]4[O-])C[C@H](c4ccc(CO)cc4)O3)cc2)C1=O)OCc1ccccc1. The fourth-order valence-corrected chi connectivity index (χ4v) is 6.49. The number of nitrogens with zero attached hydrogens (tertiary/aromatic N) is 2. The molecule has 2 aliphatic heterocycles. The molecule has 2 N–H and O–H groups in total. The predicted octanol–water partition coefficient (Wildman–Crippen LogP) is 4.70. The summed E-state index contributed by atoms with van der Waals surface area (Å²) < 4.78 is 18.8. The van der Waals surface area contributed by atoms with Gasteiger partial charge in [0, 0.05) is 29.9 Å². The summed E-state index contributed by atoms with van der Waals surface area (Å²) in [5.41, 5.74) is 4.03. The van der Waals surface area contributed by atoms with E-state index in [9.17, 15) is 24.7 Å². The second kappa shape index (κ2) is 15.4. The number of thioether (sulfide) groups is 1. The highest BCUT2D eigenvalue weighted by Crippen LogP contribution is 2.39. The molecule has 0 spiro atoms. The van der Waals surface area contributed by atoms with Crippen molar-refractivity contribution in [2.45, 2.75) is 62.2 Å². The summed E-state index contributed by atoms with van der Waals surface area (Å²) in [5.74, 6) is -0.346. The van der Waals surface area contributed by atoms with Crippen molar-refractivity contribution >= 4 is 29.7 Å². The molecule has 1 unspecified atom stereocenters. The summed E-state index contributed by atoms with van der Waals surface area (Å²) in [4.78, 5) is 39.2. The molecule has 48 heavy (non-hydrogen) atoms. The number of carbonyl (C=O) groups excluding carboxylic acids is 3. The minimum absolute atomic E-state index is 0.0485. The van der Waals surface area contributed by atoms with Crippen molar-refractivity contribution in [3.63, 3.8) is 0 Å². The first-order valence-electron chi connectivity index (χ1n) is 15.6. The number of nitrogens with one attached hydrogen (secondary N) is 1. The number of hydrogen-bond acceptors (Lipinski definition) is 9. The number of hydrogen-bond donors (Lipinski definition) is 2. The monoisotopic (exact) mass is 669 g/mol. The lowest BCUT2D eigenvalue weighted by Gasteiger charge is -2.36. The van der Waals surface area contributed by atoms with Crippen molar-refractivity contribution in [1.82, 2.24) is 10.2 Å². The zero-order valence-electron chi connectivity index (χ0n) is 26.0. The molecule has 11 nitrogen and oxygen atoms in total. The fourth-order valence-electron chi connectivity index (χ4n) is 5.56. The van der Waals surface area contributed by atoms with Gasteiger partial charge in [0.05, 0.1) is 31.8 Å². The first-order valence-corrected chi connectivity index (χ1v) is 16.6. The summed E-state index contributed by atoms with van der Waals surface area (Å²) in [5, 5.41) is 24.8. The summed E-state index contributed by atoms with van der Waals surface area (Å²) in [6.45, 7) is 0.0466. The molecule has 2 aliphatic rings. The number of alkyl carbamates (subject to hydrolysis) is 1. The van der Waals surface area contributed by atoms with Crippen LogP contribution in [0.25, 0.3) is 0 Å². The highest BCUT2D eigenvalue weighted by molar-refractivity contribution is 7.99. The molecule has 248 valence electrons. The number of aliphatic hydroxyl groups excluding tert-OH is 1. The Morgan fingerprint density at radius 3 is 2.35 bits per heavy atom. The molecule has 3 amide bonds. The Balaban J connectivity index is 1.09. The molecule has 6 rings (SSSR count). The third-order valence-corrected chi connectivity index (χ3v) is 9.31. The van der Waals surface area contributed by atoms with Crippen LogP contribution in [0.1, 0.15) is 53.1 Å². The molecule has 0 aliphatic carbocycles. The van der Waals surface area contributed by atoms with Crippen LogP contribution in [0.5, 0.6) is 0 Å². The van der Waals surface area contributed by atoms with Gasteiger partial charge in [0.2, 0.25) is 5.91 Å². The summed E-state index contributed by atoms with van der Waals surface area (Å²) in [6, 6.07) is 28.3. The Hall–Kier alpha value is -4.75. The first-order chi connectivity index (χ1) is 23.4. The number of aromatic nitrogens is 1. The maximum Gasteiger partial charge on any atom is 0.408 e. The number of benzene rings is 3. The Kier molecular flexibility index (Phi) is 10.7. The van der Waals surface area contributed by atoms with Crippen LogP contribution in [0.3, 0.4) is 0 Å². The third kappa shape index (κ3) is 8.20. The standard InChI is InChI=1S/C36H35N3O8S/c40-21-25-11-13-27(14-12-25)31-18-29(23-48-33-8-4-5-17-39(33)44)46-35(47-31)28-15-9-24(10-16-28)20-38-32(41)19-30(34(38)42)37-36(43)45-22-26-6-2-1-3-7-26/h1-17,29-31,35,40H,18-23H2,(H,37,43)/t29-,30?,31+,35+/m0/s1. The van der Waals surface area contributed by atoms with Crippen molar-refractivity contribution in [2.75, 3.05) is 5.75 Å². The Morgan fingerprint density at radius 1 is 0.917 bits per heavy atom. The molecule has 3 heterocycles. The van der Waals surface area contributed by atoms with Crippen molar-refractivity contribution in [2.24, 2.45) is 0 Å². The number of pyridine rings is 1. The summed E-state index contributed by atoms with van der Waals surface area (Å²) in [7, 11) is 0. The molecule has 4 atom stereocenters. The topological polar surface area (TPSA) is 141 Å². The van der Waals surface area contributed by atoms with Gasteiger partial charge in [-0.15, -0.1) is 0 Å². The van der Waals surface area contributed by atoms with E-state index in [1.807, 2.05) is 84.9 Å². The van der Waals surface area contributed by atoms with Gasteiger partial charge in [0.15, 0.2) is 12.5 Å². The van der Waals surface area contributed by atoms with E-state index in [0.717, 1.165) is 37.4 Å². The van der Waals surface area contributed by atoms with Crippen molar-refractivity contribution < 1.29 is 38.4 Å². The molecule has 1 aromatic heterocycles. The maximum atomic E-state index is 13.0. The molecule has 0 bridgehead atoms. The van der Waals surface area contributed by atoms with E-state index in [2.05, 4.69) is 5.32 Å². The zero-order chi connectivity index (χ0) is 33.5. The zero-order valence-corrected chi connectivity index (χ0v) is 26.8. The van der Waals surface area contributed by atoms with Gasteiger partial charge in [0.1, 0.15) is 12.6 Å². The maximum absolute atomic E-state index is 13.0. The number of imide groups is 1. The highest BCUT2D eigenvalue weighted by atomic mass is 32.2. The van der Waals surface area contributed by atoms with E-state index < -0.39 is 24.3 Å². The summed E-state index contributed by atoms with van der Waals surface area (Å²) in [6.07, 6.45) is -0.110. The molecule has 3 aromatic carbocycles. The normalized spacial score (nSPS) is 20.9. The van der Waals surface area contributed by atoms with E-state index in [0.29, 0.717) is 17.2 Å². The second-order valence-electron chi connectivity index (χ2n) is 11.5. The predicted molar refractivity (Wildman–Crippen MR) is 175 cm³/mol. The van der Waals surface area contributed by atoms with Crippen LogP contribution in [-0.2, 0) is 43.6 Å². The van der Waals surface area contributed by atoms with Crippen LogP contribution < -0.4 is 10.0 Å². The van der Waals surface area contributed by atoms with Crippen molar-refractivity contribution in [3.05, 3.63) is 136 Å². The molecular formula is C36H35N3O8S. The Labute approximate surface area is 282 Å². The minimum atomic E-state index is -0.991. The summed E-state index contributed by atoms with van der Waals surface area (Å²) >= 11 is 1.41. The second-order valence-corrected chi connectivity index (χ2v) is 12.6. The van der Waals surface area contributed by atoms with Crippen LogP contribution >= 0.6 is 11.8 Å². The smallest absolute Gasteiger partial charge is 0.408 e. The van der Waals surface area contributed by atoms with Gasteiger partial charge in [-0.1, -0.05) is 90.6 Å². The fraction of sp³-hybridized carbons (Fsp3) is 0.278. The molecule has 2 saturated heterocycles. The molecule has 4 aromatic rings. The number of ether oxygens (including phenoxy) is 3. The highest BCUT2D eigenvalue weighted by Gasteiger charge is 2.40. The van der Waals surface area contributed by atoms with Crippen LogP contribution in [0, 0.1) is 5.21 Å².